The van der Waals surface area contributed by atoms with E-state index in [0.29, 0.717) is 17.0 Å². The molecule has 0 aromatic carbocycles. The number of hydrogen-bond donors (Lipinski definition) is 0. The minimum absolute atomic E-state index is 0.373. The van der Waals surface area contributed by atoms with Crippen LogP contribution in [0.4, 0.5) is 0 Å². The Morgan fingerprint density at radius 3 is 2.45 bits per heavy atom. The average molecular weight is 221 g/mol. The molecule has 66 valence electrons. The molecular formula is C9H17BrO. The highest BCUT2D eigenvalue weighted by Gasteiger charge is 2.23. The van der Waals surface area contributed by atoms with Gasteiger partial charge in [-0.1, -0.05) is 28.8 Å². The van der Waals surface area contributed by atoms with E-state index >= 15 is 0 Å². The first-order chi connectivity index (χ1) is 5.20. The Hall–Kier alpha value is 0.440. The predicted molar refractivity (Wildman–Crippen MR) is 51.2 cm³/mol. The summed E-state index contributed by atoms with van der Waals surface area (Å²) in [5.41, 5.74) is 0. The molecule has 2 unspecified atom stereocenters. The van der Waals surface area contributed by atoms with E-state index in [2.05, 4.69) is 29.8 Å². The Bertz CT molecular complexity index is 114. The standard InChI is InChI=1S/C9H17BrO/c1-7(2)11-9-6-4-3-5-8(9)10/h7-9H,3-6H2,1-2H3. The molecule has 2 heteroatoms. The zero-order valence-electron chi connectivity index (χ0n) is 7.35. The van der Waals surface area contributed by atoms with E-state index < -0.39 is 0 Å². The molecule has 0 N–H and O–H groups in total. The summed E-state index contributed by atoms with van der Waals surface area (Å²) in [5, 5.41) is 0. The first-order valence-corrected chi connectivity index (χ1v) is 5.41. The summed E-state index contributed by atoms with van der Waals surface area (Å²) in [6.07, 6.45) is 6.03. The van der Waals surface area contributed by atoms with Gasteiger partial charge in [-0.05, 0) is 26.7 Å². The molecule has 1 rings (SSSR count). The maximum Gasteiger partial charge on any atom is 0.0703 e. The fourth-order valence-corrected chi connectivity index (χ4v) is 2.27. The van der Waals surface area contributed by atoms with E-state index in [1.807, 2.05) is 0 Å². The van der Waals surface area contributed by atoms with E-state index in [4.69, 9.17) is 4.74 Å². The van der Waals surface area contributed by atoms with Gasteiger partial charge in [0, 0.05) is 4.83 Å². The molecule has 11 heavy (non-hydrogen) atoms. The molecule has 0 aromatic heterocycles. The lowest BCUT2D eigenvalue weighted by Crippen LogP contribution is -2.30. The van der Waals surface area contributed by atoms with Crippen molar-refractivity contribution >= 4 is 15.9 Å². The van der Waals surface area contributed by atoms with Crippen LogP contribution in [-0.2, 0) is 4.74 Å². The predicted octanol–water partition coefficient (Wildman–Crippen LogP) is 3.12. The minimum Gasteiger partial charge on any atom is -0.374 e. The molecule has 1 saturated carbocycles. The van der Waals surface area contributed by atoms with E-state index in [-0.39, 0.29) is 0 Å². The summed E-state index contributed by atoms with van der Waals surface area (Å²) in [4.78, 5) is 0.596. The van der Waals surface area contributed by atoms with Crippen LogP contribution in [0.2, 0.25) is 0 Å². The molecule has 1 aliphatic rings. The van der Waals surface area contributed by atoms with Gasteiger partial charge in [0.05, 0.1) is 12.2 Å². The van der Waals surface area contributed by atoms with E-state index in [0.717, 1.165) is 0 Å². The first kappa shape index (κ1) is 9.53. The minimum atomic E-state index is 0.373. The van der Waals surface area contributed by atoms with Crippen molar-refractivity contribution in [3.05, 3.63) is 0 Å². The molecule has 1 fully saturated rings. The third-order valence-electron chi connectivity index (χ3n) is 2.07. The van der Waals surface area contributed by atoms with Crippen molar-refractivity contribution in [1.82, 2.24) is 0 Å². The summed E-state index contributed by atoms with van der Waals surface area (Å²) < 4.78 is 5.76. The maximum absolute atomic E-state index is 5.76. The molecule has 1 aliphatic carbocycles. The van der Waals surface area contributed by atoms with Crippen LogP contribution < -0.4 is 0 Å². The van der Waals surface area contributed by atoms with Gasteiger partial charge in [-0.2, -0.15) is 0 Å². The van der Waals surface area contributed by atoms with Crippen LogP contribution in [0.1, 0.15) is 39.5 Å². The van der Waals surface area contributed by atoms with E-state index in [1.54, 1.807) is 0 Å². The summed E-state index contributed by atoms with van der Waals surface area (Å²) in [7, 11) is 0. The van der Waals surface area contributed by atoms with Crippen molar-refractivity contribution < 1.29 is 4.74 Å². The number of hydrogen-bond acceptors (Lipinski definition) is 1. The van der Waals surface area contributed by atoms with Crippen molar-refractivity contribution in [3.63, 3.8) is 0 Å². The van der Waals surface area contributed by atoms with Crippen LogP contribution in [0.3, 0.4) is 0 Å². The smallest absolute Gasteiger partial charge is 0.0703 e. The van der Waals surface area contributed by atoms with Crippen molar-refractivity contribution in [1.29, 1.82) is 0 Å². The second kappa shape index (κ2) is 4.46. The zero-order valence-corrected chi connectivity index (χ0v) is 8.93. The van der Waals surface area contributed by atoms with Crippen LogP contribution in [-0.4, -0.2) is 17.0 Å². The summed E-state index contributed by atoms with van der Waals surface area (Å²) in [6, 6.07) is 0. The fourth-order valence-electron chi connectivity index (χ4n) is 1.55. The largest absolute Gasteiger partial charge is 0.374 e. The molecule has 0 amide bonds. The Balaban J connectivity index is 2.29. The monoisotopic (exact) mass is 220 g/mol. The van der Waals surface area contributed by atoms with Crippen LogP contribution in [0, 0.1) is 0 Å². The molecule has 0 heterocycles. The molecule has 0 bridgehead atoms. The lowest BCUT2D eigenvalue weighted by Gasteiger charge is -2.28. The van der Waals surface area contributed by atoms with Crippen molar-refractivity contribution in [2.45, 2.75) is 56.6 Å². The van der Waals surface area contributed by atoms with E-state index in [1.165, 1.54) is 25.7 Å². The SMILES string of the molecule is CC(C)OC1CCCCC1Br. The van der Waals surface area contributed by atoms with Crippen LogP contribution in [0.15, 0.2) is 0 Å². The average Bonchev–Trinajstić information content (AvgIpc) is 1.93. The van der Waals surface area contributed by atoms with Crippen LogP contribution >= 0.6 is 15.9 Å². The van der Waals surface area contributed by atoms with Gasteiger partial charge in [-0.15, -0.1) is 0 Å². The summed E-state index contributed by atoms with van der Waals surface area (Å²) in [6.45, 7) is 4.21. The third kappa shape index (κ3) is 3.12. The third-order valence-corrected chi connectivity index (χ3v) is 3.12. The normalized spacial score (nSPS) is 32.7. The molecule has 0 spiro atoms. The Morgan fingerprint density at radius 2 is 1.91 bits per heavy atom. The molecule has 0 aliphatic heterocycles. The summed E-state index contributed by atoms with van der Waals surface area (Å²) >= 11 is 3.66. The maximum atomic E-state index is 5.76. The highest BCUT2D eigenvalue weighted by Crippen LogP contribution is 2.27. The Morgan fingerprint density at radius 1 is 1.27 bits per heavy atom. The van der Waals surface area contributed by atoms with Gasteiger partial charge in [-0.25, -0.2) is 0 Å². The second-order valence-corrected chi connectivity index (χ2v) is 4.70. The number of alkyl halides is 1. The van der Waals surface area contributed by atoms with E-state index in [9.17, 15) is 0 Å². The van der Waals surface area contributed by atoms with Crippen molar-refractivity contribution in [2.24, 2.45) is 0 Å². The quantitative estimate of drug-likeness (QED) is 0.651. The topological polar surface area (TPSA) is 9.23 Å². The van der Waals surface area contributed by atoms with Crippen molar-refractivity contribution in [3.8, 4) is 0 Å². The zero-order chi connectivity index (χ0) is 8.27. The number of rotatable bonds is 2. The molecule has 2 atom stereocenters. The number of ether oxygens (including phenoxy) is 1. The van der Waals surface area contributed by atoms with Crippen LogP contribution in [0.5, 0.6) is 0 Å². The van der Waals surface area contributed by atoms with Gasteiger partial charge in [-0.3, -0.25) is 0 Å². The van der Waals surface area contributed by atoms with Gasteiger partial charge in [0.2, 0.25) is 0 Å². The molecule has 0 aromatic rings. The Labute approximate surface area is 77.6 Å². The fraction of sp³-hybridized carbons (Fsp3) is 1.00. The van der Waals surface area contributed by atoms with Gasteiger partial charge in [0.15, 0.2) is 0 Å². The summed E-state index contributed by atoms with van der Waals surface area (Å²) in [5.74, 6) is 0. The van der Waals surface area contributed by atoms with Gasteiger partial charge >= 0.3 is 0 Å². The van der Waals surface area contributed by atoms with Gasteiger partial charge < -0.3 is 4.74 Å². The van der Waals surface area contributed by atoms with Crippen LogP contribution in [0.25, 0.3) is 0 Å². The molecule has 0 radical (unpaired) electrons. The highest BCUT2D eigenvalue weighted by atomic mass is 79.9. The molecule has 1 nitrogen and oxygen atoms in total. The first-order valence-electron chi connectivity index (χ1n) is 4.49. The molecule has 0 saturated heterocycles. The molecular weight excluding hydrogens is 204 g/mol. The lowest BCUT2D eigenvalue weighted by molar-refractivity contribution is -0.00664. The van der Waals surface area contributed by atoms with Gasteiger partial charge in [0.25, 0.3) is 0 Å². The Kier molecular flexibility index (Phi) is 3.86. The van der Waals surface area contributed by atoms with Crippen molar-refractivity contribution in [2.75, 3.05) is 0 Å². The lowest BCUT2D eigenvalue weighted by atomic mass is 9.97. The second-order valence-electron chi connectivity index (χ2n) is 3.52. The highest BCUT2D eigenvalue weighted by molar-refractivity contribution is 9.09. The van der Waals surface area contributed by atoms with Gasteiger partial charge in [0.1, 0.15) is 0 Å². The number of halogens is 1.